The Morgan fingerprint density at radius 3 is 2.65 bits per heavy atom. The number of nitrogens with one attached hydrogen (secondary N) is 1. The summed E-state index contributed by atoms with van der Waals surface area (Å²) in [5.74, 6) is 0.535. The molecule has 1 heterocycles. The van der Waals surface area contributed by atoms with Gasteiger partial charge in [-0.15, -0.1) is 0 Å². The molecular formula is C13H13Cl3N4. The molecule has 0 atom stereocenters. The topological polar surface area (TPSA) is 63.8 Å². The molecule has 2 rings (SSSR count). The van der Waals surface area contributed by atoms with Gasteiger partial charge in [-0.2, -0.15) is 4.98 Å². The number of aromatic nitrogens is 2. The molecular weight excluding hydrogens is 319 g/mol. The van der Waals surface area contributed by atoms with Crippen LogP contribution in [-0.2, 0) is 6.42 Å². The van der Waals surface area contributed by atoms with E-state index in [4.69, 9.17) is 40.5 Å². The average molecular weight is 332 g/mol. The summed E-state index contributed by atoms with van der Waals surface area (Å²) in [7, 11) is 0. The minimum absolute atomic E-state index is 0.170. The highest BCUT2D eigenvalue weighted by atomic mass is 35.5. The number of hydrogen-bond acceptors (Lipinski definition) is 4. The molecule has 1 aromatic carbocycles. The van der Waals surface area contributed by atoms with E-state index in [0.717, 1.165) is 12.0 Å². The fraction of sp³-hybridized carbons (Fsp3) is 0.231. The van der Waals surface area contributed by atoms with E-state index >= 15 is 0 Å². The molecule has 0 aliphatic rings. The summed E-state index contributed by atoms with van der Waals surface area (Å²) in [5, 5.41) is 4.57. The first-order valence-corrected chi connectivity index (χ1v) is 7.08. The van der Waals surface area contributed by atoms with Crippen LogP contribution in [0.3, 0.4) is 0 Å². The van der Waals surface area contributed by atoms with Crippen molar-refractivity contribution >= 4 is 46.3 Å². The molecule has 0 fully saturated rings. The van der Waals surface area contributed by atoms with Gasteiger partial charge in [0.2, 0.25) is 5.28 Å². The first kappa shape index (κ1) is 15.2. The second kappa shape index (κ2) is 6.48. The SMILES string of the molecule is Cc1nc(Cl)nc(NCCc2ccc(Cl)cc2Cl)c1N. The monoisotopic (exact) mass is 330 g/mol. The molecule has 0 aliphatic heterocycles. The van der Waals surface area contributed by atoms with E-state index in [9.17, 15) is 0 Å². The number of hydrogen-bond donors (Lipinski definition) is 2. The average Bonchev–Trinajstić information content (AvgIpc) is 2.37. The fourth-order valence-electron chi connectivity index (χ4n) is 1.72. The Balaban J connectivity index is 2.03. The van der Waals surface area contributed by atoms with Gasteiger partial charge in [-0.3, -0.25) is 0 Å². The van der Waals surface area contributed by atoms with E-state index in [1.807, 2.05) is 12.1 Å². The van der Waals surface area contributed by atoms with Crippen LogP contribution in [0.4, 0.5) is 11.5 Å². The minimum Gasteiger partial charge on any atom is -0.394 e. The van der Waals surface area contributed by atoms with Crippen LogP contribution in [0.5, 0.6) is 0 Å². The van der Waals surface area contributed by atoms with Gasteiger partial charge in [0.25, 0.3) is 0 Å². The van der Waals surface area contributed by atoms with Crippen molar-refractivity contribution in [3.63, 3.8) is 0 Å². The minimum atomic E-state index is 0.170. The molecule has 0 saturated carbocycles. The maximum absolute atomic E-state index is 6.11. The summed E-state index contributed by atoms with van der Waals surface area (Å²) in [4.78, 5) is 8.04. The lowest BCUT2D eigenvalue weighted by Gasteiger charge is -2.10. The molecule has 3 N–H and O–H groups in total. The molecule has 0 spiro atoms. The number of nitrogen functional groups attached to an aromatic ring is 1. The Kier molecular flexibility index (Phi) is 4.91. The number of halogens is 3. The van der Waals surface area contributed by atoms with Crippen LogP contribution in [-0.4, -0.2) is 16.5 Å². The molecule has 106 valence electrons. The summed E-state index contributed by atoms with van der Waals surface area (Å²) in [6, 6.07) is 5.43. The maximum Gasteiger partial charge on any atom is 0.224 e. The predicted octanol–water partition coefficient (Wildman–Crippen LogP) is 3.98. The van der Waals surface area contributed by atoms with Crippen molar-refractivity contribution in [3.8, 4) is 0 Å². The second-order valence-corrected chi connectivity index (χ2v) is 5.43. The summed E-state index contributed by atoms with van der Waals surface area (Å²) in [6.07, 6.45) is 0.718. The van der Waals surface area contributed by atoms with Crippen molar-refractivity contribution in [2.45, 2.75) is 13.3 Å². The van der Waals surface area contributed by atoms with Gasteiger partial charge in [0.1, 0.15) is 0 Å². The zero-order valence-corrected chi connectivity index (χ0v) is 13.0. The van der Waals surface area contributed by atoms with Crippen LogP contribution in [0.15, 0.2) is 18.2 Å². The lowest BCUT2D eigenvalue weighted by atomic mass is 10.1. The van der Waals surface area contributed by atoms with Gasteiger partial charge >= 0.3 is 0 Å². The van der Waals surface area contributed by atoms with Crippen molar-refractivity contribution in [2.75, 3.05) is 17.6 Å². The largest absolute Gasteiger partial charge is 0.394 e. The van der Waals surface area contributed by atoms with Gasteiger partial charge in [-0.25, -0.2) is 4.98 Å². The zero-order valence-electron chi connectivity index (χ0n) is 10.8. The van der Waals surface area contributed by atoms with Gasteiger partial charge in [-0.05, 0) is 42.6 Å². The van der Waals surface area contributed by atoms with E-state index in [0.29, 0.717) is 33.8 Å². The quantitative estimate of drug-likeness (QED) is 0.832. The zero-order chi connectivity index (χ0) is 14.7. The Morgan fingerprint density at radius 1 is 1.20 bits per heavy atom. The van der Waals surface area contributed by atoms with Crippen molar-refractivity contribution in [2.24, 2.45) is 0 Å². The van der Waals surface area contributed by atoms with Crippen molar-refractivity contribution in [1.82, 2.24) is 9.97 Å². The van der Waals surface area contributed by atoms with Crippen molar-refractivity contribution in [3.05, 3.63) is 44.8 Å². The fourth-order valence-corrected chi connectivity index (χ4v) is 2.44. The molecule has 0 radical (unpaired) electrons. The van der Waals surface area contributed by atoms with Crippen LogP contribution in [0.25, 0.3) is 0 Å². The number of anilines is 2. The number of aryl methyl sites for hydroxylation is 1. The molecule has 2 aromatic rings. The lowest BCUT2D eigenvalue weighted by Crippen LogP contribution is -2.10. The molecule has 0 aliphatic carbocycles. The van der Waals surface area contributed by atoms with Crippen molar-refractivity contribution < 1.29 is 0 Å². The van der Waals surface area contributed by atoms with E-state index < -0.39 is 0 Å². The predicted molar refractivity (Wildman–Crippen MR) is 84.8 cm³/mol. The molecule has 7 heteroatoms. The lowest BCUT2D eigenvalue weighted by molar-refractivity contribution is 0.995. The molecule has 20 heavy (non-hydrogen) atoms. The van der Waals surface area contributed by atoms with E-state index in [1.165, 1.54) is 0 Å². The van der Waals surface area contributed by atoms with Crippen LogP contribution in [0.2, 0.25) is 15.3 Å². The molecule has 1 aromatic heterocycles. The third-order valence-corrected chi connectivity index (χ3v) is 3.57. The molecule has 0 unspecified atom stereocenters. The highest BCUT2D eigenvalue weighted by Crippen LogP contribution is 2.23. The van der Waals surface area contributed by atoms with E-state index in [-0.39, 0.29) is 5.28 Å². The Hall–Kier alpha value is -1.23. The van der Waals surface area contributed by atoms with Crippen LogP contribution >= 0.6 is 34.8 Å². The molecule has 0 saturated heterocycles. The smallest absolute Gasteiger partial charge is 0.224 e. The van der Waals surface area contributed by atoms with Crippen LogP contribution in [0, 0.1) is 6.92 Å². The van der Waals surface area contributed by atoms with E-state index in [1.54, 1.807) is 13.0 Å². The second-order valence-electron chi connectivity index (χ2n) is 4.25. The molecule has 4 nitrogen and oxygen atoms in total. The Bertz CT molecular complexity index is 631. The van der Waals surface area contributed by atoms with Gasteiger partial charge < -0.3 is 11.1 Å². The highest BCUT2D eigenvalue weighted by molar-refractivity contribution is 6.35. The van der Waals surface area contributed by atoms with Gasteiger partial charge in [-0.1, -0.05) is 29.3 Å². The van der Waals surface area contributed by atoms with E-state index in [2.05, 4.69) is 15.3 Å². The maximum atomic E-state index is 6.11. The summed E-state index contributed by atoms with van der Waals surface area (Å²) >= 11 is 17.8. The summed E-state index contributed by atoms with van der Waals surface area (Å²) < 4.78 is 0. The Morgan fingerprint density at radius 2 is 1.95 bits per heavy atom. The van der Waals surface area contributed by atoms with Gasteiger partial charge in [0.15, 0.2) is 5.82 Å². The van der Waals surface area contributed by atoms with Gasteiger partial charge in [0.05, 0.1) is 11.4 Å². The first-order valence-electron chi connectivity index (χ1n) is 5.95. The molecule has 0 amide bonds. The normalized spacial score (nSPS) is 10.6. The summed E-state index contributed by atoms with van der Waals surface area (Å²) in [6.45, 7) is 2.41. The number of nitrogens with two attached hydrogens (primary N) is 1. The standard InChI is InChI=1S/C13H13Cl3N4/c1-7-11(17)12(20-13(16)19-7)18-5-4-8-2-3-9(14)6-10(8)15/h2-3,6H,4-5,17H2,1H3,(H,18,19,20). The number of nitrogens with zero attached hydrogens (tertiary/aromatic N) is 2. The first-order chi connectivity index (χ1) is 9.47. The number of benzene rings is 1. The number of rotatable bonds is 4. The summed E-state index contributed by atoms with van der Waals surface area (Å²) in [5.41, 5.74) is 8.04. The van der Waals surface area contributed by atoms with Crippen molar-refractivity contribution in [1.29, 1.82) is 0 Å². The third kappa shape index (κ3) is 3.66. The van der Waals surface area contributed by atoms with Gasteiger partial charge in [0, 0.05) is 16.6 Å². The van der Waals surface area contributed by atoms with Crippen LogP contribution < -0.4 is 11.1 Å². The highest BCUT2D eigenvalue weighted by Gasteiger charge is 2.08. The van der Waals surface area contributed by atoms with Crippen LogP contribution in [0.1, 0.15) is 11.3 Å². The third-order valence-electron chi connectivity index (χ3n) is 2.81. The Labute approximate surface area is 132 Å². The molecule has 0 bridgehead atoms.